The highest BCUT2D eigenvalue weighted by Crippen LogP contribution is 2.45. The highest BCUT2D eigenvalue weighted by molar-refractivity contribution is 6.26. The Kier molecular flexibility index (Phi) is 10.5. The van der Waals surface area contributed by atoms with Crippen LogP contribution in [0.2, 0.25) is 0 Å². The van der Waals surface area contributed by atoms with Crippen molar-refractivity contribution in [3.8, 4) is 16.9 Å². The molecule has 0 aliphatic heterocycles. The van der Waals surface area contributed by atoms with Crippen LogP contribution in [0.15, 0.2) is 42.5 Å². The van der Waals surface area contributed by atoms with Gasteiger partial charge < -0.3 is 15.3 Å². The molecule has 2 aliphatic rings. The Morgan fingerprint density at radius 3 is 2.32 bits per heavy atom. The predicted molar refractivity (Wildman–Crippen MR) is 150 cm³/mol. The number of hydrogen-bond acceptors (Lipinski definition) is 3. The highest BCUT2D eigenvalue weighted by Gasteiger charge is 2.28. The van der Waals surface area contributed by atoms with Gasteiger partial charge in [0.25, 0.3) is 0 Å². The van der Waals surface area contributed by atoms with Gasteiger partial charge in [-0.1, -0.05) is 57.9 Å². The molecule has 4 rings (SSSR count). The van der Waals surface area contributed by atoms with E-state index in [9.17, 15) is 9.18 Å². The second-order valence-corrected chi connectivity index (χ2v) is 10.6. The van der Waals surface area contributed by atoms with Crippen LogP contribution in [0, 0.1) is 17.1 Å². The van der Waals surface area contributed by atoms with E-state index in [-0.39, 0.29) is 30.0 Å². The molecule has 0 unspecified atom stereocenters. The second kappa shape index (κ2) is 13.6. The lowest BCUT2D eigenvalue weighted by molar-refractivity contribution is -0.135. The summed E-state index contributed by atoms with van der Waals surface area (Å²) in [5.74, 6) is 0.602. The van der Waals surface area contributed by atoms with Gasteiger partial charge in [0.15, 0.2) is 0 Å². The molecular formula is C32H42FNO3. The summed E-state index contributed by atoms with van der Waals surface area (Å²) >= 11 is 0. The van der Waals surface area contributed by atoms with Crippen LogP contribution in [0.1, 0.15) is 103 Å². The van der Waals surface area contributed by atoms with Gasteiger partial charge in [-0.25, -0.2) is 4.39 Å². The first-order valence-corrected chi connectivity index (χ1v) is 13.8. The van der Waals surface area contributed by atoms with Crippen LogP contribution in [0.5, 0.6) is 5.75 Å². The third-order valence-corrected chi connectivity index (χ3v) is 7.50. The van der Waals surface area contributed by atoms with E-state index in [4.69, 9.17) is 15.3 Å². The number of carboxylic acids is 1. The number of benzene rings is 2. The van der Waals surface area contributed by atoms with Crippen molar-refractivity contribution in [2.75, 3.05) is 0 Å². The Hall–Kier alpha value is -2.95. The number of aliphatic carboxylic acids is 1. The quantitative estimate of drug-likeness (QED) is 0.333. The van der Waals surface area contributed by atoms with Gasteiger partial charge >= 0.3 is 5.97 Å². The molecule has 0 heterocycles. The zero-order chi connectivity index (χ0) is 26.9. The number of ether oxygens (including phenoxy) is 1. The van der Waals surface area contributed by atoms with Gasteiger partial charge in [-0.15, -0.1) is 0 Å². The number of nitrogens with one attached hydrogen (secondary N) is 1. The van der Waals surface area contributed by atoms with E-state index < -0.39 is 5.97 Å². The largest absolute Gasteiger partial charge is 0.490 e. The summed E-state index contributed by atoms with van der Waals surface area (Å²) in [6.45, 7) is 8.45. The van der Waals surface area contributed by atoms with E-state index in [1.54, 1.807) is 19.1 Å². The van der Waals surface area contributed by atoms with E-state index >= 15 is 0 Å². The van der Waals surface area contributed by atoms with Crippen molar-refractivity contribution < 1.29 is 19.0 Å². The second-order valence-electron chi connectivity index (χ2n) is 10.6. The zero-order valence-corrected chi connectivity index (χ0v) is 22.8. The van der Waals surface area contributed by atoms with E-state index in [1.807, 2.05) is 24.3 Å². The molecular weight excluding hydrogens is 465 g/mol. The minimum absolute atomic E-state index is 0.0499. The van der Waals surface area contributed by atoms with Crippen molar-refractivity contribution in [1.29, 1.82) is 5.41 Å². The monoisotopic (exact) mass is 507 g/mol. The average Bonchev–Trinajstić information content (AvgIpc) is 3.33. The maximum absolute atomic E-state index is 15.0. The van der Waals surface area contributed by atoms with Gasteiger partial charge in [-0.3, -0.25) is 4.79 Å². The van der Waals surface area contributed by atoms with Crippen LogP contribution in [0.3, 0.4) is 0 Å². The van der Waals surface area contributed by atoms with Crippen molar-refractivity contribution >= 4 is 17.3 Å². The van der Waals surface area contributed by atoms with Crippen LogP contribution in [0.25, 0.3) is 16.7 Å². The normalized spacial score (nSPS) is 16.2. The van der Waals surface area contributed by atoms with Crippen LogP contribution in [-0.2, 0) is 4.79 Å². The lowest BCUT2D eigenvalue weighted by Gasteiger charge is -2.29. The molecule has 200 valence electrons. The van der Waals surface area contributed by atoms with Crippen LogP contribution >= 0.6 is 0 Å². The van der Waals surface area contributed by atoms with Gasteiger partial charge in [0, 0.05) is 11.3 Å². The fraction of sp³-hybridized carbons (Fsp3) is 0.500. The van der Waals surface area contributed by atoms with Crippen LogP contribution in [-0.4, -0.2) is 22.9 Å². The SMILES string of the molecule is C/C=C(\C(=N)CC(=O)O)c1ccc(OC2CCCC2)c(-c2cccc(F)c2C2CCC2)c1.CCC(C)C. The lowest BCUT2D eigenvalue weighted by Crippen LogP contribution is -2.14. The number of hydrogen-bond donors (Lipinski definition) is 2. The van der Waals surface area contributed by atoms with Gasteiger partial charge in [-0.05, 0) is 97.7 Å². The lowest BCUT2D eigenvalue weighted by atomic mass is 9.76. The Balaban J connectivity index is 0.000000695. The van der Waals surface area contributed by atoms with E-state index in [2.05, 4.69) is 20.8 Å². The molecule has 2 fully saturated rings. The predicted octanol–water partition coefficient (Wildman–Crippen LogP) is 9.03. The maximum atomic E-state index is 15.0. The zero-order valence-electron chi connectivity index (χ0n) is 22.8. The first kappa shape index (κ1) is 28.6. The topological polar surface area (TPSA) is 70.4 Å². The number of halogens is 1. The standard InChI is InChI=1S/C27H30FNO3.C5H12/c1-2-20(24(29)16-26(30)31)18-13-14-25(32-19-9-3-4-10-19)22(15-18)21-11-6-12-23(28)27(21)17-7-5-8-17;1-4-5(2)3/h2,6,11-15,17,19,29H,3-5,7-10,16H2,1H3,(H,30,31);5H,4H2,1-3H3/b20-2-,29-24?;. The molecule has 2 aliphatic carbocycles. The van der Waals surface area contributed by atoms with Crippen molar-refractivity contribution in [3.63, 3.8) is 0 Å². The van der Waals surface area contributed by atoms with Crippen molar-refractivity contribution in [2.45, 2.75) is 97.5 Å². The summed E-state index contributed by atoms with van der Waals surface area (Å²) in [6.07, 6.45) is 10.3. The third kappa shape index (κ3) is 7.53. The molecule has 0 spiro atoms. The summed E-state index contributed by atoms with van der Waals surface area (Å²) in [5, 5.41) is 17.4. The minimum Gasteiger partial charge on any atom is -0.490 e. The molecule has 2 aromatic carbocycles. The first-order chi connectivity index (χ1) is 17.7. The third-order valence-electron chi connectivity index (χ3n) is 7.50. The molecule has 2 aromatic rings. The molecule has 2 N–H and O–H groups in total. The van der Waals surface area contributed by atoms with Gasteiger partial charge in [0.1, 0.15) is 11.6 Å². The summed E-state index contributed by atoms with van der Waals surface area (Å²) in [4.78, 5) is 11.2. The number of allylic oxidation sites excluding steroid dienone is 2. The van der Waals surface area contributed by atoms with Crippen molar-refractivity contribution in [1.82, 2.24) is 0 Å². The maximum Gasteiger partial charge on any atom is 0.309 e. The van der Waals surface area contributed by atoms with Gasteiger partial charge in [0.2, 0.25) is 0 Å². The smallest absolute Gasteiger partial charge is 0.309 e. The molecule has 0 amide bonds. The Labute approximate surface area is 221 Å². The summed E-state index contributed by atoms with van der Waals surface area (Å²) in [7, 11) is 0. The summed E-state index contributed by atoms with van der Waals surface area (Å²) in [6, 6.07) is 10.9. The fourth-order valence-electron chi connectivity index (χ4n) is 4.84. The number of rotatable bonds is 9. The number of carboxylic acid groups (broad SMARTS) is 1. The molecule has 5 heteroatoms. The minimum atomic E-state index is -1.03. The van der Waals surface area contributed by atoms with Crippen molar-refractivity contribution in [2.24, 2.45) is 5.92 Å². The van der Waals surface area contributed by atoms with Crippen LogP contribution in [0.4, 0.5) is 4.39 Å². The molecule has 0 saturated heterocycles. The Bertz CT molecular complexity index is 1110. The highest BCUT2D eigenvalue weighted by atomic mass is 19.1. The average molecular weight is 508 g/mol. The first-order valence-electron chi connectivity index (χ1n) is 13.8. The summed E-state index contributed by atoms with van der Waals surface area (Å²) < 4.78 is 21.4. The van der Waals surface area contributed by atoms with E-state index in [1.165, 1.54) is 12.5 Å². The number of carbonyl (C=O) groups is 1. The van der Waals surface area contributed by atoms with Crippen molar-refractivity contribution in [3.05, 3.63) is 59.4 Å². The summed E-state index contributed by atoms with van der Waals surface area (Å²) in [5.41, 5.74) is 3.77. The molecule has 0 bridgehead atoms. The Morgan fingerprint density at radius 2 is 1.78 bits per heavy atom. The van der Waals surface area contributed by atoms with Crippen LogP contribution < -0.4 is 4.74 Å². The van der Waals surface area contributed by atoms with E-state index in [0.29, 0.717) is 5.57 Å². The van der Waals surface area contributed by atoms with Gasteiger partial charge in [0.05, 0.1) is 12.5 Å². The molecule has 2 saturated carbocycles. The van der Waals surface area contributed by atoms with Gasteiger partial charge in [-0.2, -0.15) is 0 Å². The molecule has 37 heavy (non-hydrogen) atoms. The Morgan fingerprint density at radius 1 is 1.11 bits per heavy atom. The van der Waals surface area contributed by atoms with E-state index in [0.717, 1.165) is 78.9 Å². The fourth-order valence-corrected chi connectivity index (χ4v) is 4.84. The molecule has 0 aromatic heterocycles. The molecule has 0 atom stereocenters. The molecule has 4 nitrogen and oxygen atoms in total. The molecule has 0 radical (unpaired) electrons.